The lowest BCUT2D eigenvalue weighted by molar-refractivity contribution is 1.31. The Morgan fingerprint density at radius 1 is 0.920 bits per heavy atom. The van der Waals surface area contributed by atoms with Gasteiger partial charge in [0.2, 0.25) is 0 Å². The SMILES string of the molecule is CSc1nc2ccc3nc(Nc4nc5c(Cl)cccc5s4)sc3c2s1. The van der Waals surface area contributed by atoms with Gasteiger partial charge in [-0.05, 0) is 30.5 Å². The molecule has 124 valence electrons. The second-order valence-corrected chi connectivity index (χ2v) is 9.68. The monoisotopic (exact) mass is 420 g/mol. The van der Waals surface area contributed by atoms with E-state index in [9.17, 15) is 0 Å². The van der Waals surface area contributed by atoms with Crippen molar-refractivity contribution in [2.24, 2.45) is 0 Å². The smallest absolute Gasteiger partial charge is 0.190 e. The maximum atomic E-state index is 6.21. The molecule has 3 aromatic heterocycles. The first-order valence-corrected chi connectivity index (χ1v) is 11.3. The van der Waals surface area contributed by atoms with E-state index in [4.69, 9.17) is 16.6 Å². The molecule has 3 heterocycles. The number of nitrogens with one attached hydrogen (secondary N) is 1. The normalized spacial score (nSPS) is 11.8. The van der Waals surface area contributed by atoms with Gasteiger partial charge in [0.15, 0.2) is 14.6 Å². The molecule has 0 saturated heterocycles. The van der Waals surface area contributed by atoms with E-state index >= 15 is 0 Å². The first-order valence-electron chi connectivity index (χ1n) is 7.27. The molecule has 1 N–H and O–H groups in total. The van der Waals surface area contributed by atoms with Crippen LogP contribution in [0, 0.1) is 0 Å². The number of aromatic nitrogens is 3. The lowest BCUT2D eigenvalue weighted by Gasteiger charge is -1.93. The fourth-order valence-electron chi connectivity index (χ4n) is 2.55. The van der Waals surface area contributed by atoms with Gasteiger partial charge < -0.3 is 5.32 Å². The van der Waals surface area contributed by atoms with Gasteiger partial charge >= 0.3 is 0 Å². The summed E-state index contributed by atoms with van der Waals surface area (Å²) in [7, 11) is 0. The Labute approximate surface area is 163 Å². The van der Waals surface area contributed by atoms with Crippen LogP contribution in [0.15, 0.2) is 34.7 Å². The van der Waals surface area contributed by atoms with Gasteiger partial charge in [0.05, 0.1) is 30.2 Å². The molecule has 2 aromatic carbocycles. The lowest BCUT2D eigenvalue weighted by atomic mass is 10.3. The van der Waals surface area contributed by atoms with Gasteiger partial charge in [0, 0.05) is 0 Å². The quantitative estimate of drug-likeness (QED) is 0.332. The standard InChI is InChI=1S/C16H9ClN4S4/c1-22-16-19-9-6-5-8-12(13(9)25-16)24-14(18-8)21-15-20-11-7(17)3-2-4-10(11)23-15/h2-6H,1H3,(H,18,20,21). The van der Waals surface area contributed by atoms with Crippen LogP contribution in [0.25, 0.3) is 30.6 Å². The van der Waals surface area contributed by atoms with Crippen molar-refractivity contribution in [1.29, 1.82) is 0 Å². The Morgan fingerprint density at radius 2 is 1.68 bits per heavy atom. The van der Waals surface area contributed by atoms with Crippen molar-refractivity contribution in [2.45, 2.75) is 4.34 Å². The van der Waals surface area contributed by atoms with Crippen molar-refractivity contribution in [3.05, 3.63) is 35.4 Å². The topological polar surface area (TPSA) is 50.7 Å². The number of hydrogen-bond donors (Lipinski definition) is 1. The molecule has 5 aromatic rings. The number of hydrogen-bond acceptors (Lipinski definition) is 8. The average Bonchev–Trinajstić information content (AvgIpc) is 3.29. The predicted octanol–water partition coefficient (Wildman–Crippen LogP) is 6.63. The number of fused-ring (bicyclic) bond motifs is 4. The fraction of sp³-hybridized carbons (Fsp3) is 0.0625. The summed E-state index contributed by atoms with van der Waals surface area (Å²) in [4.78, 5) is 13.9. The van der Waals surface area contributed by atoms with Gasteiger partial charge in [-0.1, -0.05) is 52.1 Å². The van der Waals surface area contributed by atoms with Crippen molar-refractivity contribution in [1.82, 2.24) is 15.0 Å². The van der Waals surface area contributed by atoms with E-state index in [1.165, 1.54) is 4.70 Å². The van der Waals surface area contributed by atoms with E-state index in [-0.39, 0.29) is 0 Å². The summed E-state index contributed by atoms with van der Waals surface area (Å²) in [5.74, 6) is 0. The summed E-state index contributed by atoms with van der Waals surface area (Å²) in [5.41, 5.74) is 2.84. The highest BCUT2D eigenvalue weighted by molar-refractivity contribution is 8.00. The van der Waals surface area contributed by atoms with Crippen LogP contribution in [-0.2, 0) is 0 Å². The Balaban J connectivity index is 1.58. The number of benzene rings is 2. The number of para-hydroxylation sites is 1. The Bertz CT molecular complexity index is 1240. The van der Waals surface area contributed by atoms with Crippen molar-refractivity contribution in [3.63, 3.8) is 0 Å². The molecule has 0 atom stereocenters. The third kappa shape index (κ3) is 2.69. The van der Waals surface area contributed by atoms with E-state index in [2.05, 4.69) is 15.3 Å². The van der Waals surface area contributed by atoms with Gasteiger partial charge in [0.1, 0.15) is 5.52 Å². The highest BCUT2D eigenvalue weighted by Gasteiger charge is 2.13. The van der Waals surface area contributed by atoms with E-state index in [1.54, 1.807) is 45.8 Å². The first kappa shape index (κ1) is 15.8. The summed E-state index contributed by atoms with van der Waals surface area (Å²) in [6.07, 6.45) is 2.05. The Morgan fingerprint density at radius 3 is 2.48 bits per heavy atom. The number of rotatable bonds is 3. The molecule has 0 radical (unpaired) electrons. The second kappa shape index (κ2) is 6.07. The minimum Gasteiger partial charge on any atom is -0.307 e. The summed E-state index contributed by atoms with van der Waals surface area (Å²) in [6, 6.07) is 9.88. The largest absolute Gasteiger partial charge is 0.307 e. The van der Waals surface area contributed by atoms with Crippen LogP contribution in [-0.4, -0.2) is 21.2 Å². The van der Waals surface area contributed by atoms with Crippen LogP contribution < -0.4 is 5.32 Å². The molecule has 0 aliphatic rings. The molecule has 0 bridgehead atoms. The Kier molecular flexibility index (Phi) is 3.83. The maximum Gasteiger partial charge on any atom is 0.190 e. The Hall–Kier alpha value is -1.45. The summed E-state index contributed by atoms with van der Waals surface area (Å²) in [6.45, 7) is 0. The van der Waals surface area contributed by atoms with Crippen LogP contribution in [0.2, 0.25) is 5.02 Å². The van der Waals surface area contributed by atoms with E-state index in [0.717, 1.165) is 40.6 Å². The van der Waals surface area contributed by atoms with Gasteiger partial charge in [-0.2, -0.15) is 0 Å². The van der Waals surface area contributed by atoms with Crippen LogP contribution in [0.4, 0.5) is 10.3 Å². The zero-order chi connectivity index (χ0) is 17.0. The number of thiazole rings is 3. The van der Waals surface area contributed by atoms with Gasteiger partial charge in [-0.3, -0.25) is 0 Å². The minimum atomic E-state index is 0.669. The lowest BCUT2D eigenvalue weighted by Crippen LogP contribution is -1.87. The van der Waals surface area contributed by atoms with Crippen LogP contribution in [0.3, 0.4) is 0 Å². The highest BCUT2D eigenvalue weighted by Crippen LogP contribution is 2.39. The molecule has 0 aliphatic heterocycles. The molecule has 0 saturated carbocycles. The van der Waals surface area contributed by atoms with Gasteiger partial charge in [0.25, 0.3) is 0 Å². The predicted molar refractivity (Wildman–Crippen MR) is 112 cm³/mol. The third-order valence-corrected chi connectivity index (χ3v) is 8.10. The zero-order valence-electron chi connectivity index (χ0n) is 12.7. The van der Waals surface area contributed by atoms with Crippen LogP contribution in [0.1, 0.15) is 0 Å². The number of nitrogens with zero attached hydrogens (tertiary/aromatic N) is 3. The molecule has 0 spiro atoms. The summed E-state index contributed by atoms with van der Waals surface area (Å²) >= 11 is 12.8. The molecule has 9 heteroatoms. The van der Waals surface area contributed by atoms with Crippen LogP contribution in [0.5, 0.6) is 0 Å². The number of thioether (sulfide) groups is 1. The molecular formula is C16H9ClN4S4. The number of halogens is 1. The molecule has 5 rings (SSSR count). The van der Waals surface area contributed by atoms with Crippen molar-refractivity contribution < 1.29 is 0 Å². The molecule has 0 fully saturated rings. The fourth-order valence-corrected chi connectivity index (χ4v) is 6.44. The number of anilines is 2. The second-order valence-electron chi connectivity index (χ2n) is 5.20. The zero-order valence-corrected chi connectivity index (χ0v) is 16.8. The van der Waals surface area contributed by atoms with Crippen molar-refractivity contribution in [2.75, 3.05) is 11.6 Å². The van der Waals surface area contributed by atoms with Gasteiger partial charge in [-0.25, -0.2) is 15.0 Å². The van der Waals surface area contributed by atoms with Gasteiger partial charge in [-0.15, -0.1) is 11.3 Å². The minimum absolute atomic E-state index is 0.669. The summed E-state index contributed by atoms with van der Waals surface area (Å²) < 4.78 is 4.49. The van der Waals surface area contributed by atoms with Crippen molar-refractivity contribution in [3.8, 4) is 0 Å². The molecule has 25 heavy (non-hydrogen) atoms. The third-order valence-electron chi connectivity index (χ3n) is 3.65. The average molecular weight is 421 g/mol. The van der Waals surface area contributed by atoms with E-state index in [1.807, 2.05) is 36.6 Å². The molecule has 0 aliphatic carbocycles. The van der Waals surface area contributed by atoms with Crippen LogP contribution >= 0.6 is 57.4 Å². The highest BCUT2D eigenvalue weighted by atomic mass is 35.5. The maximum absolute atomic E-state index is 6.21. The van der Waals surface area contributed by atoms with E-state index < -0.39 is 0 Å². The first-order chi connectivity index (χ1) is 12.2. The molecule has 0 amide bonds. The molecule has 0 unspecified atom stereocenters. The summed E-state index contributed by atoms with van der Waals surface area (Å²) in [5, 5.41) is 5.63. The molecule has 4 nitrogen and oxygen atoms in total. The van der Waals surface area contributed by atoms with Crippen molar-refractivity contribution >= 4 is 98.3 Å². The molecular weight excluding hydrogens is 412 g/mol. The van der Waals surface area contributed by atoms with E-state index in [0.29, 0.717) is 5.02 Å².